The number of H-pyrrole nitrogens is 1. The van der Waals surface area contributed by atoms with Crippen LogP contribution in [-0.2, 0) is 4.79 Å². The summed E-state index contributed by atoms with van der Waals surface area (Å²) in [6.45, 7) is 1.68. The molecule has 0 unspecified atom stereocenters. The van der Waals surface area contributed by atoms with Crippen molar-refractivity contribution in [3.05, 3.63) is 33.9 Å². The van der Waals surface area contributed by atoms with Gasteiger partial charge in [0.2, 0.25) is 0 Å². The average molecular weight is 282 g/mol. The predicted molar refractivity (Wildman–Crippen MR) is 62.7 cm³/mol. The number of carbonyl (C=O) groups excluding carboxylic acids is 1. The molecule has 0 aliphatic carbocycles. The molecule has 5 heteroatoms. The maximum atomic E-state index is 11.5. The molecule has 0 fully saturated rings. The number of aryl methyl sites for hydroxylation is 1. The summed E-state index contributed by atoms with van der Waals surface area (Å²) in [5, 5.41) is 9.36. The number of carboxylic acid groups (broad SMARTS) is 1. The molecule has 0 saturated carbocycles. The Balaban J connectivity index is 2.77. The fourth-order valence-electron chi connectivity index (χ4n) is 1.70. The molecule has 0 aliphatic rings. The van der Waals surface area contributed by atoms with Crippen LogP contribution in [0.3, 0.4) is 0 Å². The van der Waals surface area contributed by atoms with E-state index in [1.807, 2.05) is 6.07 Å². The average Bonchev–Trinajstić information content (AvgIpc) is 2.52. The van der Waals surface area contributed by atoms with E-state index in [9.17, 15) is 9.59 Å². The van der Waals surface area contributed by atoms with E-state index in [1.165, 1.54) is 0 Å². The molecule has 4 nitrogen and oxygen atoms in total. The summed E-state index contributed by atoms with van der Waals surface area (Å²) < 4.78 is 0.804. The Morgan fingerprint density at radius 3 is 2.69 bits per heavy atom. The van der Waals surface area contributed by atoms with Crippen LogP contribution in [0.1, 0.15) is 16.1 Å². The number of aliphatic carboxylic acids is 1. The molecule has 0 radical (unpaired) electrons. The molecular weight excluding hydrogens is 274 g/mol. The van der Waals surface area contributed by atoms with Gasteiger partial charge in [0.1, 0.15) is 0 Å². The lowest BCUT2D eigenvalue weighted by molar-refractivity contribution is -0.131. The van der Waals surface area contributed by atoms with Crippen molar-refractivity contribution in [2.75, 3.05) is 0 Å². The third-order valence-corrected chi connectivity index (χ3v) is 2.86. The second-order valence-electron chi connectivity index (χ2n) is 3.45. The van der Waals surface area contributed by atoms with Crippen molar-refractivity contribution in [3.8, 4) is 0 Å². The molecule has 0 saturated heterocycles. The van der Waals surface area contributed by atoms with Crippen molar-refractivity contribution in [2.45, 2.75) is 6.92 Å². The van der Waals surface area contributed by atoms with E-state index in [4.69, 9.17) is 5.11 Å². The summed E-state index contributed by atoms with van der Waals surface area (Å²) in [5.74, 6) is -2.33. The van der Waals surface area contributed by atoms with Gasteiger partial charge in [0, 0.05) is 21.1 Å². The molecule has 1 aromatic carbocycles. The van der Waals surface area contributed by atoms with Crippen LogP contribution in [0.4, 0.5) is 0 Å². The summed E-state index contributed by atoms with van der Waals surface area (Å²) >= 11 is 3.29. The van der Waals surface area contributed by atoms with Crippen LogP contribution in [0.5, 0.6) is 0 Å². The highest BCUT2D eigenvalue weighted by molar-refractivity contribution is 9.10. The van der Waals surface area contributed by atoms with E-state index in [-0.39, 0.29) is 5.56 Å². The van der Waals surface area contributed by atoms with Crippen molar-refractivity contribution in [3.63, 3.8) is 0 Å². The number of nitrogens with one attached hydrogen (secondary N) is 1. The Kier molecular flexibility index (Phi) is 2.55. The number of Topliss-reactive ketones (excluding diaryl/α,β-unsaturated/α-hetero) is 1. The van der Waals surface area contributed by atoms with Crippen LogP contribution in [0.15, 0.2) is 22.7 Å². The zero-order chi connectivity index (χ0) is 11.9. The van der Waals surface area contributed by atoms with Gasteiger partial charge in [-0.05, 0) is 25.1 Å². The molecular formula is C11H8BrNO3. The first-order valence-electron chi connectivity index (χ1n) is 4.56. The quantitative estimate of drug-likeness (QED) is 0.656. The summed E-state index contributed by atoms with van der Waals surface area (Å²) in [4.78, 5) is 25.2. The first-order valence-corrected chi connectivity index (χ1v) is 5.35. The molecule has 1 heterocycles. The molecule has 2 rings (SSSR count). The summed E-state index contributed by atoms with van der Waals surface area (Å²) in [7, 11) is 0. The van der Waals surface area contributed by atoms with E-state index < -0.39 is 11.8 Å². The largest absolute Gasteiger partial charge is 0.475 e. The number of hydrogen-bond donors (Lipinski definition) is 2. The fourth-order valence-corrected chi connectivity index (χ4v) is 2.06. The second kappa shape index (κ2) is 3.75. The number of aromatic nitrogens is 1. The Labute approximate surface area is 99.4 Å². The van der Waals surface area contributed by atoms with E-state index in [1.54, 1.807) is 19.1 Å². The summed E-state index contributed by atoms with van der Waals surface area (Å²) in [5.41, 5.74) is 1.55. The van der Waals surface area contributed by atoms with Crippen LogP contribution in [-0.4, -0.2) is 21.8 Å². The van der Waals surface area contributed by atoms with Crippen molar-refractivity contribution in [1.82, 2.24) is 4.98 Å². The Hall–Kier alpha value is -1.62. The SMILES string of the molecule is Cc1[nH]c2ccc(Br)cc2c1C(=O)C(=O)O. The molecule has 0 atom stereocenters. The number of ketones is 1. The number of aromatic amines is 1. The number of halogens is 1. The van der Waals surface area contributed by atoms with E-state index in [0.29, 0.717) is 11.1 Å². The van der Waals surface area contributed by atoms with Gasteiger partial charge in [-0.25, -0.2) is 4.79 Å². The highest BCUT2D eigenvalue weighted by Gasteiger charge is 2.21. The highest BCUT2D eigenvalue weighted by Crippen LogP contribution is 2.25. The van der Waals surface area contributed by atoms with E-state index in [2.05, 4.69) is 20.9 Å². The monoisotopic (exact) mass is 281 g/mol. The van der Waals surface area contributed by atoms with Gasteiger partial charge in [-0.2, -0.15) is 0 Å². The number of carbonyl (C=O) groups is 2. The first kappa shape index (κ1) is 10.9. The van der Waals surface area contributed by atoms with Gasteiger partial charge in [-0.3, -0.25) is 4.79 Å². The number of carboxylic acids is 1. The van der Waals surface area contributed by atoms with Crippen LogP contribution >= 0.6 is 15.9 Å². The second-order valence-corrected chi connectivity index (χ2v) is 4.36. The van der Waals surface area contributed by atoms with E-state index >= 15 is 0 Å². The highest BCUT2D eigenvalue weighted by atomic mass is 79.9. The maximum Gasteiger partial charge on any atom is 0.377 e. The number of fused-ring (bicyclic) bond motifs is 1. The van der Waals surface area contributed by atoms with Crippen molar-refractivity contribution in [2.24, 2.45) is 0 Å². The third kappa shape index (κ3) is 1.63. The number of benzene rings is 1. The summed E-state index contributed by atoms with van der Waals surface area (Å²) in [6, 6.07) is 5.35. The Bertz CT molecular complexity index is 601. The van der Waals surface area contributed by atoms with Crippen molar-refractivity contribution < 1.29 is 14.7 Å². The van der Waals surface area contributed by atoms with Gasteiger partial charge in [-0.15, -0.1) is 0 Å². The van der Waals surface area contributed by atoms with Crippen LogP contribution in [0.2, 0.25) is 0 Å². The lowest BCUT2D eigenvalue weighted by atomic mass is 10.1. The Morgan fingerprint density at radius 1 is 1.38 bits per heavy atom. The minimum absolute atomic E-state index is 0.226. The zero-order valence-electron chi connectivity index (χ0n) is 8.37. The molecule has 16 heavy (non-hydrogen) atoms. The van der Waals surface area contributed by atoms with Gasteiger partial charge >= 0.3 is 5.97 Å². The van der Waals surface area contributed by atoms with Crippen LogP contribution in [0.25, 0.3) is 10.9 Å². The van der Waals surface area contributed by atoms with Crippen molar-refractivity contribution in [1.29, 1.82) is 0 Å². The lowest BCUT2D eigenvalue weighted by Gasteiger charge is -1.96. The fraction of sp³-hybridized carbons (Fsp3) is 0.0909. The molecule has 0 bridgehead atoms. The molecule has 82 valence electrons. The van der Waals surface area contributed by atoms with Gasteiger partial charge < -0.3 is 10.1 Å². The smallest absolute Gasteiger partial charge is 0.377 e. The Morgan fingerprint density at radius 2 is 2.06 bits per heavy atom. The van der Waals surface area contributed by atoms with E-state index in [0.717, 1.165) is 9.99 Å². The molecule has 0 aliphatic heterocycles. The molecule has 2 aromatic rings. The number of rotatable bonds is 2. The molecule has 2 N–H and O–H groups in total. The minimum atomic E-state index is -1.44. The maximum absolute atomic E-state index is 11.5. The minimum Gasteiger partial charge on any atom is -0.475 e. The molecule has 1 aromatic heterocycles. The normalized spacial score (nSPS) is 10.6. The van der Waals surface area contributed by atoms with Gasteiger partial charge in [0.05, 0.1) is 5.56 Å². The van der Waals surface area contributed by atoms with Crippen molar-refractivity contribution >= 4 is 38.6 Å². The van der Waals surface area contributed by atoms with Crippen LogP contribution < -0.4 is 0 Å². The topological polar surface area (TPSA) is 70.2 Å². The van der Waals surface area contributed by atoms with Gasteiger partial charge in [0.15, 0.2) is 0 Å². The summed E-state index contributed by atoms with van der Waals surface area (Å²) in [6.07, 6.45) is 0. The predicted octanol–water partition coefficient (Wildman–Crippen LogP) is 2.51. The van der Waals surface area contributed by atoms with Crippen LogP contribution in [0, 0.1) is 6.92 Å². The lowest BCUT2D eigenvalue weighted by Crippen LogP contribution is -2.13. The molecule has 0 spiro atoms. The first-order chi connectivity index (χ1) is 7.50. The standard InChI is InChI=1S/C11H8BrNO3/c1-5-9(10(14)11(15)16)7-4-6(12)2-3-8(7)13-5/h2-4,13H,1H3,(H,15,16). The zero-order valence-corrected chi connectivity index (χ0v) is 9.96. The molecule has 0 amide bonds. The van der Waals surface area contributed by atoms with Gasteiger partial charge in [0.25, 0.3) is 5.78 Å². The van der Waals surface area contributed by atoms with Gasteiger partial charge in [-0.1, -0.05) is 15.9 Å². The number of hydrogen-bond acceptors (Lipinski definition) is 2. The third-order valence-electron chi connectivity index (χ3n) is 2.37.